The van der Waals surface area contributed by atoms with Gasteiger partial charge in [-0.05, 0) is 25.3 Å². The summed E-state index contributed by atoms with van der Waals surface area (Å²) in [6.07, 6.45) is 5.81. The number of amides is 1. The first-order valence-corrected chi connectivity index (χ1v) is 7.41. The topological polar surface area (TPSA) is 38.5 Å². The summed E-state index contributed by atoms with van der Waals surface area (Å²) in [4.78, 5) is 13.9. The molecule has 4 nitrogen and oxygen atoms in total. The van der Waals surface area contributed by atoms with Gasteiger partial charge in [0.2, 0.25) is 0 Å². The molecule has 0 saturated carbocycles. The maximum absolute atomic E-state index is 12.4. The van der Waals surface area contributed by atoms with Gasteiger partial charge in [0.25, 0.3) is 5.91 Å². The molecule has 21 heavy (non-hydrogen) atoms. The number of hydrogen-bond donors (Lipinski definition) is 2. The third kappa shape index (κ3) is 3.39. The zero-order chi connectivity index (χ0) is 13.9. The van der Waals surface area contributed by atoms with Crippen LogP contribution in [0.15, 0.2) is 30.5 Å². The van der Waals surface area contributed by atoms with E-state index in [9.17, 15) is 4.79 Å². The lowest BCUT2D eigenvalue weighted by Gasteiger charge is -2.23. The Labute approximate surface area is 131 Å². The van der Waals surface area contributed by atoms with Crippen molar-refractivity contribution in [3.63, 3.8) is 0 Å². The first-order valence-electron chi connectivity index (χ1n) is 7.41. The SMILES string of the molecule is Cn1cc(C(=O)NC[NH+]2CCCCC2)c2ccccc21.[Cl-]. The quantitative estimate of drug-likeness (QED) is 0.672. The summed E-state index contributed by atoms with van der Waals surface area (Å²) < 4.78 is 2.01. The molecule has 2 heterocycles. The van der Waals surface area contributed by atoms with Gasteiger partial charge in [0.1, 0.15) is 0 Å². The Balaban J connectivity index is 0.00000161. The van der Waals surface area contributed by atoms with E-state index in [1.807, 2.05) is 42.1 Å². The maximum Gasteiger partial charge on any atom is 0.257 e. The Hall–Kier alpha value is -1.52. The molecule has 0 bridgehead atoms. The van der Waals surface area contributed by atoms with Crippen molar-refractivity contribution in [1.29, 1.82) is 0 Å². The van der Waals surface area contributed by atoms with Crippen molar-refractivity contribution in [2.24, 2.45) is 7.05 Å². The molecule has 3 rings (SSSR count). The Morgan fingerprint density at radius 1 is 1.24 bits per heavy atom. The normalized spacial score (nSPS) is 15.7. The minimum Gasteiger partial charge on any atom is -1.00 e. The van der Waals surface area contributed by atoms with E-state index in [1.165, 1.54) is 37.3 Å². The number of halogens is 1. The molecule has 1 aromatic carbocycles. The maximum atomic E-state index is 12.4. The molecule has 1 amide bonds. The van der Waals surface area contributed by atoms with Gasteiger partial charge in [-0.2, -0.15) is 0 Å². The molecule has 114 valence electrons. The number of fused-ring (bicyclic) bond motifs is 1. The predicted octanol–water partition coefficient (Wildman–Crippen LogP) is -2.06. The highest BCUT2D eigenvalue weighted by Crippen LogP contribution is 2.19. The molecule has 0 spiro atoms. The molecule has 1 fully saturated rings. The van der Waals surface area contributed by atoms with Gasteiger partial charge in [0, 0.05) is 24.1 Å². The zero-order valence-corrected chi connectivity index (χ0v) is 13.1. The average Bonchev–Trinajstić information content (AvgIpc) is 2.84. The predicted molar refractivity (Wildman–Crippen MR) is 79.8 cm³/mol. The summed E-state index contributed by atoms with van der Waals surface area (Å²) in [7, 11) is 1.98. The summed E-state index contributed by atoms with van der Waals surface area (Å²) in [6, 6.07) is 8.04. The van der Waals surface area contributed by atoms with Crippen molar-refractivity contribution in [2.75, 3.05) is 19.8 Å². The molecule has 0 radical (unpaired) electrons. The number of para-hydroxylation sites is 1. The lowest BCUT2D eigenvalue weighted by atomic mass is 10.1. The van der Waals surface area contributed by atoms with Crippen molar-refractivity contribution in [1.82, 2.24) is 9.88 Å². The van der Waals surface area contributed by atoms with Crippen LogP contribution < -0.4 is 22.6 Å². The van der Waals surface area contributed by atoms with Crippen molar-refractivity contribution in [2.45, 2.75) is 19.3 Å². The smallest absolute Gasteiger partial charge is 0.257 e. The number of carbonyl (C=O) groups is 1. The van der Waals surface area contributed by atoms with Crippen molar-refractivity contribution >= 4 is 16.8 Å². The number of quaternary nitrogens is 1. The molecular formula is C16H22ClN3O. The number of rotatable bonds is 3. The van der Waals surface area contributed by atoms with Gasteiger partial charge in [-0.1, -0.05) is 18.2 Å². The fourth-order valence-corrected chi connectivity index (χ4v) is 3.05. The molecule has 1 aliphatic heterocycles. The van der Waals surface area contributed by atoms with Crippen molar-refractivity contribution in [3.8, 4) is 0 Å². The Morgan fingerprint density at radius 2 is 1.95 bits per heavy atom. The number of nitrogens with zero attached hydrogens (tertiary/aromatic N) is 1. The van der Waals surface area contributed by atoms with Crippen molar-refractivity contribution in [3.05, 3.63) is 36.0 Å². The minimum absolute atomic E-state index is 0. The van der Waals surface area contributed by atoms with Gasteiger partial charge in [-0.3, -0.25) is 4.79 Å². The third-order valence-corrected chi connectivity index (χ3v) is 4.20. The monoisotopic (exact) mass is 307 g/mol. The second-order valence-electron chi connectivity index (χ2n) is 5.66. The van der Waals surface area contributed by atoms with Crippen LogP contribution in [0.2, 0.25) is 0 Å². The van der Waals surface area contributed by atoms with Gasteiger partial charge in [-0.25, -0.2) is 0 Å². The fourth-order valence-electron chi connectivity index (χ4n) is 3.05. The van der Waals surface area contributed by atoms with E-state index >= 15 is 0 Å². The van der Waals surface area contributed by atoms with Crippen LogP contribution in [0.25, 0.3) is 10.9 Å². The van der Waals surface area contributed by atoms with Gasteiger partial charge in [-0.15, -0.1) is 0 Å². The van der Waals surface area contributed by atoms with Gasteiger partial charge < -0.3 is 27.2 Å². The summed E-state index contributed by atoms with van der Waals surface area (Å²) in [5.41, 5.74) is 1.88. The molecule has 1 aliphatic rings. The number of hydrogen-bond acceptors (Lipinski definition) is 1. The Bertz CT molecular complexity index is 617. The van der Waals surface area contributed by atoms with Crippen LogP contribution in [0, 0.1) is 0 Å². The Morgan fingerprint density at radius 3 is 2.71 bits per heavy atom. The molecule has 1 saturated heterocycles. The highest BCUT2D eigenvalue weighted by atomic mass is 35.5. The first-order chi connectivity index (χ1) is 9.75. The van der Waals surface area contributed by atoms with Gasteiger partial charge >= 0.3 is 0 Å². The van der Waals surface area contributed by atoms with Gasteiger partial charge in [0.15, 0.2) is 6.67 Å². The second-order valence-corrected chi connectivity index (χ2v) is 5.66. The average molecular weight is 308 g/mol. The molecule has 0 unspecified atom stereocenters. The molecule has 1 aromatic heterocycles. The molecular weight excluding hydrogens is 286 g/mol. The fraction of sp³-hybridized carbons (Fsp3) is 0.438. The number of carbonyl (C=O) groups excluding carboxylic acids is 1. The summed E-state index contributed by atoms with van der Waals surface area (Å²) >= 11 is 0. The number of piperidine rings is 1. The van der Waals surface area contributed by atoms with Crippen LogP contribution in [-0.4, -0.2) is 30.2 Å². The highest BCUT2D eigenvalue weighted by Gasteiger charge is 2.17. The summed E-state index contributed by atoms with van der Waals surface area (Å²) in [6.45, 7) is 3.09. The van der Waals surface area contributed by atoms with E-state index in [0.29, 0.717) is 0 Å². The Kier molecular flexibility index (Phi) is 5.26. The van der Waals surface area contributed by atoms with Crippen LogP contribution in [0.1, 0.15) is 29.6 Å². The second kappa shape index (κ2) is 6.96. The van der Waals surface area contributed by atoms with Crippen LogP contribution in [0.4, 0.5) is 0 Å². The standard InChI is InChI=1S/C16H21N3O.ClH/c1-18-11-14(13-7-3-4-8-15(13)18)16(20)17-12-19-9-5-2-6-10-19;/h3-4,7-8,11H,2,5-6,9-10,12H2,1H3,(H,17,20);1H. The zero-order valence-electron chi connectivity index (χ0n) is 12.4. The molecule has 0 atom stereocenters. The molecule has 0 aliphatic carbocycles. The minimum atomic E-state index is 0. The third-order valence-electron chi connectivity index (χ3n) is 4.20. The number of aryl methyl sites for hydroxylation is 1. The van der Waals surface area contributed by atoms with E-state index < -0.39 is 0 Å². The van der Waals surface area contributed by atoms with Crippen LogP contribution in [0.5, 0.6) is 0 Å². The number of benzene rings is 1. The van der Waals surface area contributed by atoms with E-state index in [-0.39, 0.29) is 18.3 Å². The molecule has 2 aromatic rings. The van der Waals surface area contributed by atoms with Crippen LogP contribution in [0.3, 0.4) is 0 Å². The van der Waals surface area contributed by atoms with Crippen molar-refractivity contribution < 1.29 is 22.1 Å². The number of likely N-dealkylation sites (tertiary alicyclic amines) is 1. The van der Waals surface area contributed by atoms with E-state index in [1.54, 1.807) is 0 Å². The highest BCUT2D eigenvalue weighted by molar-refractivity contribution is 6.06. The molecule has 5 heteroatoms. The largest absolute Gasteiger partial charge is 1.00 e. The lowest BCUT2D eigenvalue weighted by Crippen LogP contribution is -3.14. The van der Waals surface area contributed by atoms with E-state index in [0.717, 1.165) is 23.1 Å². The van der Waals surface area contributed by atoms with Gasteiger partial charge in [0.05, 0.1) is 18.7 Å². The lowest BCUT2D eigenvalue weighted by molar-refractivity contribution is -0.906. The summed E-state index contributed by atoms with van der Waals surface area (Å²) in [5.74, 6) is 0.0415. The molecule has 2 N–H and O–H groups in total. The van der Waals surface area contributed by atoms with E-state index in [2.05, 4.69) is 5.32 Å². The summed E-state index contributed by atoms with van der Waals surface area (Å²) in [5, 5.41) is 4.11. The van der Waals surface area contributed by atoms with Crippen LogP contribution in [-0.2, 0) is 7.05 Å². The van der Waals surface area contributed by atoms with Crippen LogP contribution >= 0.6 is 0 Å². The van der Waals surface area contributed by atoms with E-state index in [4.69, 9.17) is 0 Å². The first kappa shape index (κ1) is 15.9. The number of aromatic nitrogens is 1. The number of nitrogens with one attached hydrogen (secondary N) is 2.